The average Bonchev–Trinajstić information content (AvgIpc) is 1.62. The molecule has 0 bridgehead atoms. The molecule has 3 aliphatic rings. The van der Waals surface area contributed by atoms with Gasteiger partial charge in [-0.3, -0.25) is 4.79 Å². The lowest BCUT2D eigenvalue weighted by Gasteiger charge is -2.48. The Morgan fingerprint density at radius 3 is 1.01 bits per heavy atom. The highest BCUT2D eigenvalue weighted by atomic mass is 16.8. The Labute approximate surface area is 563 Å². The van der Waals surface area contributed by atoms with Gasteiger partial charge in [-0.1, -0.05) is 309 Å². The quantitative estimate of drug-likeness (QED) is 0.0199. The second-order valence-electron chi connectivity index (χ2n) is 27.8. The van der Waals surface area contributed by atoms with E-state index in [1.807, 2.05) is 6.08 Å². The zero-order chi connectivity index (χ0) is 67.5. The molecule has 0 spiro atoms. The molecule has 3 aliphatic heterocycles. The van der Waals surface area contributed by atoms with Gasteiger partial charge in [0.2, 0.25) is 5.91 Å². The summed E-state index contributed by atoms with van der Waals surface area (Å²) in [6, 6.07) is -0.968. The number of rotatable bonds is 61. The normalized spacial score (nSPS) is 27.5. The number of aliphatic hydroxyl groups is 11. The van der Waals surface area contributed by atoms with Crippen molar-refractivity contribution in [2.75, 3.05) is 26.4 Å². The molecule has 12 N–H and O–H groups in total. The maximum atomic E-state index is 13.4. The van der Waals surface area contributed by atoms with Crippen molar-refractivity contribution in [3.8, 4) is 0 Å². The van der Waals surface area contributed by atoms with Gasteiger partial charge >= 0.3 is 0 Å². The summed E-state index contributed by atoms with van der Waals surface area (Å²) < 4.78 is 34.4. The molecular weight excluding hydrogens is 1190 g/mol. The van der Waals surface area contributed by atoms with E-state index < -0.39 is 124 Å². The van der Waals surface area contributed by atoms with Gasteiger partial charge in [0.05, 0.1) is 38.6 Å². The summed E-state index contributed by atoms with van der Waals surface area (Å²) in [6.45, 7) is 1.76. The third-order valence-electron chi connectivity index (χ3n) is 19.6. The van der Waals surface area contributed by atoms with Gasteiger partial charge in [0.15, 0.2) is 18.9 Å². The smallest absolute Gasteiger partial charge is 0.220 e. The Morgan fingerprint density at radius 2 is 0.667 bits per heavy atom. The van der Waals surface area contributed by atoms with Gasteiger partial charge in [-0.2, -0.15) is 0 Å². The van der Waals surface area contributed by atoms with Crippen molar-refractivity contribution in [2.24, 2.45) is 0 Å². The van der Waals surface area contributed by atoms with Crippen LogP contribution >= 0.6 is 0 Å². The molecule has 1 amide bonds. The molecule has 0 radical (unpaired) electrons. The largest absolute Gasteiger partial charge is 0.394 e. The topological polar surface area (TPSA) is 307 Å². The molecule has 3 fully saturated rings. The number of nitrogens with one attached hydrogen (secondary N) is 1. The summed E-state index contributed by atoms with van der Waals surface area (Å²) in [5.74, 6) is -0.269. The molecule has 0 aromatic rings. The molecular formula is C74H141NO18. The van der Waals surface area contributed by atoms with Crippen molar-refractivity contribution in [3.63, 3.8) is 0 Å². The number of hydrogen-bond acceptors (Lipinski definition) is 18. The maximum absolute atomic E-state index is 13.4. The van der Waals surface area contributed by atoms with Crippen molar-refractivity contribution in [2.45, 2.75) is 426 Å². The van der Waals surface area contributed by atoms with Gasteiger partial charge in [-0.25, -0.2) is 0 Å². The lowest BCUT2D eigenvalue weighted by Crippen LogP contribution is -2.66. The number of ether oxygens (including phenoxy) is 6. The highest BCUT2D eigenvalue weighted by Gasteiger charge is 2.53. The van der Waals surface area contributed by atoms with Crippen LogP contribution in [0, 0.1) is 0 Å². The van der Waals surface area contributed by atoms with Gasteiger partial charge in [0.1, 0.15) is 73.2 Å². The van der Waals surface area contributed by atoms with Crippen molar-refractivity contribution < 1.29 is 89.4 Å². The van der Waals surface area contributed by atoms with E-state index in [2.05, 4.69) is 19.2 Å². The summed E-state index contributed by atoms with van der Waals surface area (Å²) in [6.07, 6.45) is 38.0. The molecule has 93 heavy (non-hydrogen) atoms. The maximum Gasteiger partial charge on any atom is 0.220 e. The van der Waals surface area contributed by atoms with Crippen LogP contribution in [-0.2, 0) is 33.2 Å². The van der Waals surface area contributed by atoms with Crippen LogP contribution in [0.4, 0.5) is 0 Å². The average molecular weight is 1330 g/mol. The second-order valence-corrected chi connectivity index (χ2v) is 27.8. The Hall–Kier alpha value is -1.47. The van der Waals surface area contributed by atoms with E-state index in [9.17, 15) is 61.0 Å². The van der Waals surface area contributed by atoms with E-state index in [1.54, 1.807) is 6.08 Å². The number of carbonyl (C=O) groups is 1. The predicted octanol–water partition coefficient (Wildman–Crippen LogP) is 11.6. The monoisotopic (exact) mass is 1330 g/mol. The predicted molar refractivity (Wildman–Crippen MR) is 365 cm³/mol. The van der Waals surface area contributed by atoms with E-state index in [-0.39, 0.29) is 18.9 Å². The van der Waals surface area contributed by atoms with Gasteiger partial charge in [0.25, 0.3) is 0 Å². The fourth-order valence-electron chi connectivity index (χ4n) is 13.4. The molecule has 19 heteroatoms. The summed E-state index contributed by atoms with van der Waals surface area (Å²) in [5, 5.41) is 120. The number of unbranched alkanes of at least 4 members (excludes halogenated alkanes) is 45. The summed E-state index contributed by atoms with van der Waals surface area (Å²) in [7, 11) is 0. The molecule has 3 rings (SSSR count). The minimum absolute atomic E-state index is 0.250. The minimum Gasteiger partial charge on any atom is -0.394 e. The van der Waals surface area contributed by atoms with Gasteiger partial charge in [-0.15, -0.1) is 0 Å². The van der Waals surface area contributed by atoms with Crippen LogP contribution in [0.5, 0.6) is 0 Å². The third kappa shape index (κ3) is 37.5. The van der Waals surface area contributed by atoms with E-state index in [1.165, 1.54) is 250 Å². The van der Waals surface area contributed by atoms with Crippen molar-refractivity contribution in [1.29, 1.82) is 0 Å². The molecule has 3 heterocycles. The fraction of sp³-hybridized carbons (Fsp3) is 0.959. The van der Waals surface area contributed by atoms with Crippen LogP contribution in [0.1, 0.15) is 322 Å². The van der Waals surface area contributed by atoms with E-state index in [0.717, 1.165) is 44.9 Å². The zero-order valence-corrected chi connectivity index (χ0v) is 58.5. The van der Waals surface area contributed by atoms with E-state index >= 15 is 0 Å². The first-order valence-electron chi connectivity index (χ1n) is 38.4. The molecule has 0 aromatic heterocycles. The Bertz CT molecular complexity index is 1730. The molecule has 550 valence electrons. The van der Waals surface area contributed by atoms with Crippen molar-refractivity contribution >= 4 is 5.91 Å². The van der Waals surface area contributed by atoms with Crippen LogP contribution in [-0.4, -0.2) is 193 Å². The Morgan fingerprint density at radius 1 is 0.376 bits per heavy atom. The molecule has 0 aliphatic carbocycles. The number of amides is 1. The third-order valence-corrected chi connectivity index (χ3v) is 19.6. The summed E-state index contributed by atoms with van der Waals surface area (Å²) >= 11 is 0. The first-order chi connectivity index (χ1) is 45.3. The first kappa shape index (κ1) is 85.8. The summed E-state index contributed by atoms with van der Waals surface area (Å²) in [4.78, 5) is 13.4. The van der Waals surface area contributed by atoms with E-state index in [0.29, 0.717) is 6.42 Å². The van der Waals surface area contributed by atoms with Gasteiger partial charge < -0.3 is 89.9 Å². The van der Waals surface area contributed by atoms with Crippen LogP contribution < -0.4 is 5.32 Å². The van der Waals surface area contributed by atoms with E-state index in [4.69, 9.17) is 28.4 Å². The van der Waals surface area contributed by atoms with Gasteiger partial charge in [0, 0.05) is 6.42 Å². The number of carbonyl (C=O) groups excluding carboxylic acids is 1. The summed E-state index contributed by atoms with van der Waals surface area (Å²) in [5.41, 5.74) is 0. The highest BCUT2D eigenvalue weighted by Crippen LogP contribution is 2.33. The molecule has 17 unspecified atom stereocenters. The molecule has 0 saturated carbocycles. The van der Waals surface area contributed by atoms with Crippen molar-refractivity contribution in [3.05, 3.63) is 12.2 Å². The van der Waals surface area contributed by atoms with Gasteiger partial charge in [-0.05, 0) is 19.3 Å². The number of aliphatic hydroxyl groups excluding tert-OH is 11. The second kappa shape index (κ2) is 56.3. The number of allylic oxidation sites excluding steroid dienone is 1. The van der Waals surface area contributed by atoms with Crippen molar-refractivity contribution in [1.82, 2.24) is 5.32 Å². The first-order valence-corrected chi connectivity index (χ1v) is 38.4. The van der Waals surface area contributed by atoms with Crippen LogP contribution in [0.2, 0.25) is 0 Å². The fourth-order valence-corrected chi connectivity index (χ4v) is 13.4. The zero-order valence-electron chi connectivity index (χ0n) is 58.5. The lowest BCUT2D eigenvalue weighted by atomic mass is 9.96. The lowest BCUT2D eigenvalue weighted by molar-refractivity contribution is -0.379. The standard InChI is InChI=1S/C74H141NO18/c1-3-5-7-9-11-13-15-17-18-19-20-21-22-23-24-25-26-27-28-29-30-31-32-33-34-35-36-37-38-40-42-44-46-48-50-52-62(80)75-57(58(79)51-49-47-45-43-41-39-16-14-12-10-8-6-4-2)56-88-72-68(86)65(83)70(60(54-77)90-72)93-74-69(87)66(84)71(61(55-78)91-74)92-73-67(85)64(82)63(81)59(53-76)89-73/h49,51,57-61,63-74,76-79,81-87H,3-48,50,52-56H2,1-2H3,(H,75,80)/b51-49+. The van der Waals surface area contributed by atoms with Crippen LogP contribution in [0.3, 0.4) is 0 Å². The number of hydrogen-bond donors (Lipinski definition) is 12. The Balaban J connectivity index is 1.31. The molecule has 17 atom stereocenters. The Kier molecular flexibility index (Phi) is 51.9. The minimum atomic E-state index is -1.98. The SMILES string of the molecule is CCCCCCCCCCCCC/C=C/C(O)C(COC1OC(CO)C(OC2OC(CO)C(OC3OC(CO)C(O)C(O)C3O)C(O)C2O)C(O)C1O)NC(=O)CCCCCCCCCCCCCCCCCCCCCCCCCCCCCCCCCCCCC. The molecule has 19 nitrogen and oxygen atoms in total. The van der Waals surface area contributed by atoms with Crippen LogP contribution in [0.25, 0.3) is 0 Å². The highest BCUT2D eigenvalue weighted by molar-refractivity contribution is 5.76. The molecule has 0 aromatic carbocycles. The van der Waals surface area contributed by atoms with Crippen LogP contribution in [0.15, 0.2) is 12.2 Å². The molecule has 3 saturated heterocycles.